The van der Waals surface area contributed by atoms with Crippen LogP contribution in [0.5, 0.6) is 0 Å². The van der Waals surface area contributed by atoms with Gasteiger partial charge in [0.15, 0.2) is 0 Å². The topological polar surface area (TPSA) is 88.0 Å². The normalized spacial score (nSPS) is 13.2. The summed E-state index contributed by atoms with van der Waals surface area (Å²) < 4.78 is 28.2. The lowest BCUT2D eigenvalue weighted by atomic mass is 10.0. The van der Waals surface area contributed by atoms with Crippen LogP contribution in [0.4, 0.5) is 0 Å². The zero-order chi connectivity index (χ0) is 16.8. The molecular weight excluding hydrogens is 314 g/mol. The third kappa shape index (κ3) is 3.16. The average molecular weight is 333 g/mol. The lowest BCUT2D eigenvalue weighted by Gasteiger charge is -2.16. The molecule has 3 aromatic rings. The smallest absolute Gasteiger partial charge is 0.261 e. The van der Waals surface area contributed by atoms with Crippen LogP contribution >= 0.6 is 0 Å². The number of nitrogens with zero attached hydrogens (tertiary/aromatic N) is 2. The van der Waals surface area contributed by atoms with Crippen molar-refractivity contribution in [3.05, 3.63) is 41.3 Å². The second-order valence-electron chi connectivity index (χ2n) is 5.85. The maximum atomic E-state index is 9.19. The molecule has 6 nitrogen and oxygen atoms in total. The fourth-order valence-corrected chi connectivity index (χ4v) is 3.01. The number of aryl methyl sites for hydroxylation is 3. The monoisotopic (exact) mass is 333 g/mol. The van der Waals surface area contributed by atoms with E-state index in [0.29, 0.717) is 6.26 Å². The van der Waals surface area contributed by atoms with Crippen molar-refractivity contribution in [2.45, 2.75) is 26.8 Å². The van der Waals surface area contributed by atoms with Crippen molar-refractivity contribution >= 4 is 21.0 Å². The quantitative estimate of drug-likeness (QED) is 0.619. The first kappa shape index (κ1) is 15.8. The average Bonchev–Trinajstić information content (AvgIpc) is 2.98. The van der Waals surface area contributed by atoms with Gasteiger partial charge in [-0.1, -0.05) is 11.6 Å². The van der Waals surface area contributed by atoms with Gasteiger partial charge in [-0.15, -0.1) is 0 Å². The van der Waals surface area contributed by atoms with Crippen LogP contribution in [-0.4, -0.2) is 33.8 Å². The van der Waals surface area contributed by atoms with Gasteiger partial charge in [0, 0.05) is 17.4 Å². The summed E-state index contributed by atoms with van der Waals surface area (Å²) in [6, 6.07) is 6.62. The maximum absolute atomic E-state index is 9.19. The highest BCUT2D eigenvalue weighted by molar-refractivity contribution is 7.85. The van der Waals surface area contributed by atoms with Gasteiger partial charge in [-0.3, -0.25) is 4.55 Å². The molecular formula is C16H19N3O3S. The molecule has 0 spiro atoms. The fraction of sp³-hybridized carbons (Fsp3) is 0.312. The van der Waals surface area contributed by atoms with Gasteiger partial charge in [0.25, 0.3) is 10.1 Å². The van der Waals surface area contributed by atoms with Gasteiger partial charge in [-0.05, 0) is 38.0 Å². The molecule has 0 fully saturated rings. The van der Waals surface area contributed by atoms with Crippen LogP contribution in [0.1, 0.15) is 17.0 Å². The predicted octanol–water partition coefficient (Wildman–Crippen LogP) is 2.71. The van der Waals surface area contributed by atoms with Crippen LogP contribution < -0.4 is 0 Å². The first-order chi connectivity index (χ1) is 10.7. The molecule has 1 aliphatic rings. The SMILES string of the molecule is CS(=O)(=O)O.Cc1ccc2[nH]c3c(c2c1)CCn1c-3cnc1C. The van der Waals surface area contributed by atoms with E-state index in [1.54, 1.807) is 0 Å². The van der Waals surface area contributed by atoms with Crippen molar-refractivity contribution in [3.8, 4) is 11.4 Å². The standard InChI is InChI=1S/C15H15N3.CH4O3S/c1-9-3-4-13-12(7-9)11-5-6-18-10(2)16-8-14(18)15(11)17-13;1-5(2,3)4/h3-4,7-8,17H,5-6H2,1-2H3;1H3,(H,2,3,4). The number of H-pyrrole nitrogens is 1. The molecule has 2 N–H and O–H groups in total. The zero-order valence-corrected chi connectivity index (χ0v) is 14.1. The van der Waals surface area contributed by atoms with Crippen LogP contribution in [0.15, 0.2) is 24.4 Å². The lowest BCUT2D eigenvalue weighted by Crippen LogP contribution is -2.11. The van der Waals surface area contributed by atoms with E-state index in [9.17, 15) is 8.42 Å². The van der Waals surface area contributed by atoms with Crippen LogP contribution in [0.3, 0.4) is 0 Å². The second kappa shape index (κ2) is 5.50. The molecule has 2 aromatic heterocycles. The number of hydrogen-bond acceptors (Lipinski definition) is 3. The third-order valence-electron chi connectivity index (χ3n) is 3.96. The molecule has 0 unspecified atom stereocenters. The van der Waals surface area contributed by atoms with E-state index >= 15 is 0 Å². The first-order valence-corrected chi connectivity index (χ1v) is 9.15. The Morgan fingerprint density at radius 1 is 1.30 bits per heavy atom. The Morgan fingerprint density at radius 3 is 2.70 bits per heavy atom. The van der Waals surface area contributed by atoms with E-state index in [2.05, 4.69) is 46.6 Å². The molecule has 7 heteroatoms. The van der Waals surface area contributed by atoms with Crippen molar-refractivity contribution in [1.82, 2.24) is 14.5 Å². The number of hydrogen-bond donors (Lipinski definition) is 2. The van der Waals surface area contributed by atoms with Gasteiger partial charge in [0.2, 0.25) is 0 Å². The van der Waals surface area contributed by atoms with E-state index in [-0.39, 0.29) is 0 Å². The van der Waals surface area contributed by atoms with Gasteiger partial charge in [0.05, 0.1) is 23.8 Å². The first-order valence-electron chi connectivity index (χ1n) is 7.30. The molecule has 0 aliphatic carbocycles. The highest BCUT2D eigenvalue weighted by Gasteiger charge is 2.21. The van der Waals surface area contributed by atoms with Crippen LogP contribution in [0.25, 0.3) is 22.3 Å². The molecule has 4 rings (SSSR count). The summed E-state index contributed by atoms with van der Waals surface area (Å²) in [5, 5.41) is 1.37. The molecule has 0 amide bonds. The van der Waals surface area contributed by atoms with Crippen molar-refractivity contribution in [2.24, 2.45) is 0 Å². The molecule has 0 saturated heterocycles. The highest BCUT2D eigenvalue weighted by Crippen LogP contribution is 2.35. The second-order valence-corrected chi connectivity index (χ2v) is 7.32. The molecule has 1 aliphatic heterocycles. The molecule has 0 radical (unpaired) electrons. The highest BCUT2D eigenvalue weighted by atomic mass is 32.2. The van der Waals surface area contributed by atoms with Crippen molar-refractivity contribution in [3.63, 3.8) is 0 Å². The Hall–Kier alpha value is -2.12. The maximum Gasteiger partial charge on any atom is 0.261 e. The molecule has 1 aromatic carbocycles. The predicted molar refractivity (Wildman–Crippen MR) is 90.2 cm³/mol. The van der Waals surface area contributed by atoms with Crippen LogP contribution in [0.2, 0.25) is 0 Å². The number of aromatic nitrogens is 3. The number of aromatic amines is 1. The number of imidazole rings is 1. The fourth-order valence-electron chi connectivity index (χ4n) is 3.01. The lowest BCUT2D eigenvalue weighted by molar-refractivity contribution is 0.490. The Balaban J connectivity index is 0.000000276. The van der Waals surface area contributed by atoms with Crippen molar-refractivity contribution in [1.29, 1.82) is 0 Å². The minimum absolute atomic E-state index is 0.715. The minimum atomic E-state index is -3.67. The van der Waals surface area contributed by atoms with Gasteiger partial charge in [0.1, 0.15) is 5.82 Å². The van der Waals surface area contributed by atoms with E-state index in [1.165, 1.54) is 33.4 Å². The third-order valence-corrected chi connectivity index (χ3v) is 3.96. The summed E-state index contributed by atoms with van der Waals surface area (Å²) in [7, 11) is -3.67. The minimum Gasteiger partial charge on any atom is -0.353 e. The summed E-state index contributed by atoms with van der Waals surface area (Å²) in [6.07, 6.45) is 3.78. The van der Waals surface area contributed by atoms with Gasteiger partial charge >= 0.3 is 0 Å². The molecule has 3 heterocycles. The molecule has 122 valence electrons. The van der Waals surface area contributed by atoms with Crippen molar-refractivity contribution < 1.29 is 13.0 Å². The van der Waals surface area contributed by atoms with Gasteiger partial charge in [-0.2, -0.15) is 8.42 Å². The number of fused-ring (bicyclic) bond motifs is 5. The van der Waals surface area contributed by atoms with E-state index < -0.39 is 10.1 Å². The largest absolute Gasteiger partial charge is 0.353 e. The Bertz CT molecular complexity index is 976. The Kier molecular flexibility index (Phi) is 3.77. The molecule has 0 saturated carbocycles. The number of benzene rings is 1. The van der Waals surface area contributed by atoms with Crippen LogP contribution in [0, 0.1) is 13.8 Å². The van der Waals surface area contributed by atoms with E-state index in [4.69, 9.17) is 4.55 Å². The van der Waals surface area contributed by atoms with Gasteiger partial charge < -0.3 is 9.55 Å². The zero-order valence-electron chi connectivity index (χ0n) is 13.3. The molecule has 0 bridgehead atoms. The van der Waals surface area contributed by atoms with E-state index in [0.717, 1.165) is 18.8 Å². The number of rotatable bonds is 0. The summed E-state index contributed by atoms with van der Waals surface area (Å²) in [5.41, 5.74) is 6.48. The Morgan fingerprint density at radius 2 is 2.00 bits per heavy atom. The summed E-state index contributed by atoms with van der Waals surface area (Å²) in [6.45, 7) is 5.26. The van der Waals surface area contributed by atoms with E-state index in [1.807, 2.05) is 6.20 Å². The Labute approximate surface area is 134 Å². The summed E-state index contributed by atoms with van der Waals surface area (Å²) in [5.74, 6) is 1.10. The van der Waals surface area contributed by atoms with Crippen molar-refractivity contribution in [2.75, 3.05) is 6.26 Å². The summed E-state index contributed by atoms with van der Waals surface area (Å²) in [4.78, 5) is 7.98. The number of nitrogens with one attached hydrogen (secondary N) is 1. The summed E-state index contributed by atoms with van der Waals surface area (Å²) >= 11 is 0. The van der Waals surface area contributed by atoms with Gasteiger partial charge in [-0.25, -0.2) is 4.98 Å². The molecule has 23 heavy (non-hydrogen) atoms. The molecule has 0 atom stereocenters. The van der Waals surface area contributed by atoms with Crippen LogP contribution in [-0.2, 0) is 23.1 Å².